The monoisotopic (exact) mass is 418 g/mol. The Hall–Kier alpha value is -1.70. The molecule has 1 fully saturated rings. The van der Waals surface area contributed by atoms with Gasteiger partial charge in [-0.1, -0.05) is 0 Å². The molecule has 3 aromatic rings. The molecule has 4 rings (SSSR count). The number of hydrogen-bond acceptors (Lipinski definition) is 4. The largest absolute Gasteiger partial charge is 0.369 e. The number of imidazole rings is 1. The highest BCUT2D eigenvalue weighted by molar-refractivity contribution is 9.10. The van der Waals surface area contributed by atoms with Crippen LogP contribution in [0.4, 0.5) is 0 Å². The normalized spacial score (nSPS) is 16.5. The Morgan fingerprint density at radius 1 is 1.28 bits per heavy atom. The number of nitrogens with two attached hydrogens (primary N) is 1. The van der Waals surface area contributed by atoms with Gasteiger partial charge >= 0.3 is 0 Å². The fourth-order valence-electron chi connectivity index (χ4n) is 3.33. The number of pyridine rings is 1. The summed E-state index contributed by atoms with van der Waals surface area (Å²) in [5.74, 6) is -0.108. The molecule has 5 nitrogen and oxygen atoms in total. The van der Waals surface area contributed by atoms with Crippen molar-refractivity contribution in [3.8, 4) is 10.6 Å². The Morgan fingerprint density at radius 2 is 2.08 bits per heavy atom. The highest BCUT2D eigenvalue weighted by Crippen LogP contribution is 2.31. The zero-order valence-electron chi connectivity index (χ0n) is 13.7. The third kappa shape index (κ3) is 3.49. The maximum Gasteiger partial charge on any atom is 0.220 e. The van der Waals surface area contributed by atoms with E-state index in [1.807, 2.05) is 24.5 Å². The summed E-state index contributed by atoms with van der Waals surface area (Å²) >= 11 is 5.33. The number of hydrogen-bond donors (Lipinski definition) is 1. The highest BCUT2D eigenvalue weighted by Gasteiger charge is 2.23. The summed E-state index contributed by atoms with van der Waals surface area (Å²) in [4.78, 5) is 20.7. The molecular formula is C18H19BrN4OS. The van der Waals surface area contributed by atoms with Crippen LogP contribution in [0.25, 0.3) is 16.2 Å². The summed E-state index contributed by atoms with van der Waals surface area (Å²) in [7, 11) is 0. The number of aromatic nitrogens is 2. The average Bonchev–Trinajstić information content (AvgIpc) is 3.21. The third-order valence-electron chi connectivity index (χ3n) is 4.75. The van der Waals surface area contributed by atoms with Crippen molar-refractivity contribution in [1.82, 2.24) is 14.3 Å². The Bertz CT molecular complexity index is 911. The lowest BCUT2D eigenvalue weighted by atomic mass is 9.96. The minimum atomic E-state index is -0.156. The van der Waals surface area contributed by atoms with Crippen molar-refractivity contribution in [2.45, 2.75) is 19.4 Å². The molecule has 0 spiro atoms. The lowest BCUT2D eigenvalue weighted by molar-refractivity contribution is -0.123. The molecule has 1 aliphatic heterocycles. The summed E-state index contributed by atoms with van der Waals surface area (Å²) < 4.78 is 3.14. The van der Waals surface area contributed by atoms with Gasteiger partial charge in [-0.2, -0.15) is 0 Å². The second kappa shape index (κ2) is 6.90. The molecule has 2 N–H and O–H groups in total. The van der Waals surface area contributed by atoms with Crippen LogP contribution >= 0.6 is 27.3 Å². The van der Waals surface area contributed by atoms with E-state index in [1.165, 1.54) is 9.75 Å². The summed E-state index contributed by atoms with van der Waals surface area (Å²) in [6.45, 7) is 2.80. The second-order valence-electron chi connectivity index (χ2n) is 6.44. The molecular weight excluding hydrogens is 400 g/mol. The summed E-state index contributed by atoms with van der Waals surface area (Å²) in [5, 5.41) is 0. The van der Waals surface area contributed by atoms with Gasteiger partial charge in [0.05, 0.1) is 16.8 Å². The van der Waals surface area contributed by atoms with Crippen LogP contribution in [0.15, 0.2) is 41.1 Å². The molecule has 0 radical (unpaired) electrons. The molecule has 0 aromatic carbocycles. The first-order valence-electron chi connectivity index (χ1n) is 8.33. The minimum Gasteiger partial charge on any atom is -0.369 e. The van der Waals surface area contributed by atoms with Crippen LogP contribution in [0.1, 0.15) is 17.7 Å². The van der Waals surface area contributed by atoms with E-state index in [2.05, 4.69) is 42.3 Å². The fraction of sp³-hybridized carbons (Fsp3) is 0.333. The number of likely N-dealkylation sites (tertiary alicyclic amines) is 1. The van der Waals surface area contributed by atoms with Crippen molar-refractivity contribution in [2.75, 3.05) is 13.1 Å². The van der Waals surface area contributed by atoms with Gasteiger partial charge in [-0.3, -0.25) is 14.1 Å². The second-order valence-corrected chi connectivity index (χ2v) is 8.52. The molecule has 0 atom stereocenters. The summed E-state index contributed by atoms with van der Waals surface area (Å²) in [5.41, 5.74) is 7.47. The van der Waals surface area contributed by atoms with Crippen LogP contribution in [0, 0.1) is 5.92 Å². The molecule has 4 heterocycles. The van der Waals surface area contributed by atoms with E-state index in [9.17, 15) is 4.79 Å². The first kappa shape index (κ1) is 16.8. The number of fused-ring (bicyclic) bond motifs is 1. The fourth-order valence-corrected chi connectivity index (χ4v) is 4.73. The van der Waals surface area contributed by atoms with E-state index in [-0.39, 0.29) is 11.8 Å². The molecule has 0 bridgehead atoms. The van der Waals surface area contributed by atoms with E-state index in [1.54, 1.807) is 11.3 Å². The van der Waals surface area contributed by atoms with Gasteiger partial charge in [0, 0.05) is 28.0 Å². The standard InChI is InChI=1S/C18H19BrN4OS/c19-13-1-4-17-21-9-15(23(17)10-13)16-3-2-14(25-16)11-22-7-5-12(6-8-22)18(20)24/h1-4,9-10,12H,5-8,11H2,(H2,20,24). The van der Waals surface area contributed by atoms with Gasteiger partial charge in [0.1, 0.15) is 5.65 Å². The Kier molecular flexibility index (Phi) is 4.62. The van der Waals surface area contributed by atoms with Crippen LogP contribution in [0.3, 0.4) is 0 Å². The van der Waals surface area contributed by atoms with Crippen molar-refractivity contribution in [3.05, 3.63) is 46.0 Å². The molecule has 0 unspecified atom stereocenters. The predicted octanol–water partition coefficient (Wildman–Crippen LogP) is 3.52. The number of amides is 1. The zero-order valence-corrected chi connectivity index (χ0v) is 16.1. The Labute approximate surface area is 158 Å². The molecule has 0 aliphatic carbocycles. The number of thiophene rings is 1. The highest BCUT2D eigenvalue weighted by atomic mass is 79.9. The average molecular weight is 419 g/mol. The number of piperidine rings is 1. The van der Waals surface area contributed by atoms with Crippen molar-refractivity contribution >= 4 is 38.8 Å². The number of primary amides is 1. The smallest absolute Gasteiger partial charge is 0.220 e. The maximum absolute atomic E-state index is 11.3. The van der Waals surface area contributed by atoms with Gasteiger partial charge in [0.15, 0.2) is 0 Å². The van der Waals surface area contributed by atoms with E-state index in [0.717, 1.165) is 48.3 Å². The van der Waals surface area contributed by atoms with Crippen molar-refractivity contribution in [3.63, 3.8) is 0 Å². The first-order valence-corrected chi connectivity index (χ1v) is 9.94. The molecule has 1 aliphatic rings. The van der Waals surface area contributed by atoms with Crippen LogP contribution in [-0.2, 0) is 11.3 Å². The molecule has 130 valence electrons. The van der Waals surface area contributed by atoms with E-state index in [0.29, 0.717) is 0 Å². The number of halogens is 1. The van der Waals surface area contributed by atoms with E-state index in [4.69, 9.17) is 5.73 Å². The van der Waals surface area contributed by atoms with E-state index < -0.39 is 0 Å². The molecule has 1 saturated heterocycles. The molecule has 25 heavy (non-hydrogen) atoms. The third-order valence-corrected chi connectivity index (χ3v) is 6.31. The van der Waals surface area contributed by atoms with Gasteiger partial charge in [-0.05, 0) is 66.1 Å². The number of nitrogens with zero attached hydrogens (tertiary/aromatic N) is 3. The zero-order chi connectivity index (χ0) is 17.4. The molecule has 1 amide bonds. The molecule has 0 saturated carbocycles. The van der Waals surface area contributed by atoms with Crippen molar-refractivity contribution in [1.29, 1.82) is 0 Å². The number of rotatable bonds is 4. The Morgan fingerprint density at radius 3 is 2.84 bits per heavy atom. The molecule has 7 heteroatoms. The lowest BCUT2D eigenvalue weighted by Crippen LogP contribution is -2.37. The van der Waals surface area contributed by atoms with Crippen LogP contribution in [0.2, 0.25) is 0 Å². The lowest BCUT2D eigenvalue weighted by Gasteiger charge is -2.29. The molecule has 3 aromatic heterocycles. The first-order chi connectivity index (χ1) is 12.1. The summed E-state index contributed by atoms with van der Waals surface area (Å²) in [6.07, 6.45) is 5.71. The van der Waals surface area contributed by atoms with Crippen molar-refractivity contribution < 1.29 is 4.79 Å². The number of carbonyl (C=O) groups excluding carboxylic acids is 1. The maximum atomic E-state index is 11.3. The topological polar surface area (TPSA) is 63.6 Å². The van der Waals surface area contributed by atoms with Gasteiger partial charge in [-0.25, -0.2) is 4.98 Å². The van der Waals surface area contributed by atoms with Crippen LogP contribution < -0.4 is 5.73 Å². The van der Waals surface area contributed by atoms with Gasteiger partial charge in [-0.15, -0.1) is 11.3 Å². The Balaban J connectivity index is 1.49. The van der Waals surface area contributed by atoms with Gasteiger partial charge < -0.3 is 5.73 Å². The van der Waals surface area contributed by atoms with E-state index >= 15 is 0 Å². The quantitative estimate of drug-likeness (QED) is 0.704. The number of carbonyl (C=O) groups is 1. The van der Waals surface area contributed by atoms with Gasteiger partial charge in [0.2, 0.25) is 5.91 Å². The van der Waals surface area contributed by atoms with Crippen LogP contribution in [0.5, 0.6) is 0 Å². The minimum absolute atomic E-state index is 0.0479. The predicted molar refractivity (Wildman–Crippen MR) is 103 cm³/mol. The SMILES string of the molecule is NC(=O)C1CCN(Cc2ccc(-c3cnc4ccc(Br)cn34)s2)CC1. The summed E-state index contributed by atoms with van der Waals surface area (Å²) in [6, 6.07) is 8.37. The van der Waals surface area contributed by atoms with Crippen molar-refractivity contribution in [2.24, 2.45) is 11.7 Å². The van der Waals surface area contributed by atoms with Crippen LogP contribution in [-0.4, -0.2) is 33.3 Å². The van der Waals surface area contributed by atoms with Gasteiger partial charge in [0.25, 0.3) is 0 Å².